The number of anilines is 1. The number of aromatic nitrogens is 4. The van der Waals surface area contributed by atoms with Crippen molar-refractivity contribution in [3.8, 4) is 0 Å². The number of guanidine groups is 1. The molecule has 3 heterocycles. The molecule has 150 valence electrons. The fourth-order valence-corrected chi connectivity index (χ4v) is 3.05. The first-order chi connectivity index (χ1) is 13.6. The molecule has 9 nitrogen and oxygen atoms in total. The number of aromatic amines is 1. The van der Waals surface area contributed by atoms with Gasteiger partial charge in [0.1, 0.15) is 0 Å². The number of aliphatic imine (C=N–C) groups is 1. The second-order valence-corrected chi connectivity index (χ2v) is 7.03. The van der Waals surface area contributed by atoms with E-state index in [1.807, 2.05) is 19.9 Å². The summed E-state index contributed by atoms with van der Waals surface area (Å²) in [5.74, 6) is 0.974. The highest BCUT2D eigenvalue weighted by molar-refractivity contribution is 7.80. The van der Waals surface area contributed by atoms with Crippen LogP contribution < -0.4 is 16.0 Å². The van der Waals surface area contributed by atoms with Crippen LogP contribution in [0.1, 0.15) is 29.9 Å². The number of nitrogens with zero attached hydrogens (tertiary/aromatic N) is 4. The third-order valence-corrected chi connectivity index (χ3v) is 4.41. The van der Waals surface area contributed by atoms with Crippen LogP contribution in [-0.2, 0) is 11.2 Å². The first-order valence-electron chi connectivity index (χ1n) is 9.36. The summed E-state index contributed by atoms with van der Waals surface area (Å²) in [6.45, 7) is 5.90. The van der Waals surface area contributed by atoms with Gasteiger partial charge in [0.15, 0.2) is 5.11 Å². The smallest absolute Gasteiger partial charge is 0.229 e. The van der Waals surface area contributed by atoms with Crippen LogP contribution >= 0.6 is 12.2 Å². The summed E-state index contributed by atoms with van der Waals surface area (Å²) in [5.41, 5.74) is 2.78. The molecule has 1 aliphatic rings. The van der Waals surface area contributed by atoms with Gasteiger partial charge in [0.05, 0.1) is 12.4 Å². The van der Waals surface area contributed by atoms with E-state index in [-0.39, 0.29) is 6.10 Å². The Morgan fingerprint density at radius 2 is 2.18 bits per heavy atom. The van der Waals surface area contributed by atoms with Crippen molar-refractivity contribution in [3.05, 3.63) is 35.7 Å². The predicted molar refractivity (Wildman–Crippen MR) is 112 cm³/mol. The Hall–Kier alpha value is -2.59. The molecule has 1 fully saturated rings. The van der Waals surface area contributed by atoms with Crippen LogP contribution in [0.4, 0.5) is 5.95 Å². The molecule has 0 saturated carbocycles. The van der Waals surface area contributed by atoms with Crippen LogP contribution in [0, 0.1) is 13.8 Å². The van der Waals surface area contributed by atoms with Crippen LogP contribution in [0.3, 0.4) is 0 Å². The molecule has 0 spiro atoms. The lowest BCUT2D eigenvalue weighted by Gasteiger charge is -2.16. The molecule has 1 unspecified atom stereocenters. The molecule has 10 heteroatoms. The second kappa shape index (κ2) is 10.1. The van der Waals surface area contributed by atoms with Crippen LogP contribution in [0.5, 0.6) is 0 Å². The van der Waals surface area contributed by atoms with E-state index in [1.54, 1.807) is 12.5 Å². The molecule has 2 aromatic heterocycles. The fraction of sp³-hybridized carbons (Fsp3) is 0.500. The van der Waals surface area contributed by atoms with E-state index in [9.17, 15) is 0 Å². The highest BCUT2D eigenvalue weighted by Gasteiger charge is 2.15. The topological polar surface area (TPSA) is 112 Å². The third kappa shape index (κ3) is 6.54. The Labute approximate surface area is 169 Å². The van der Waals surface area contributed by atoms with Gasteiger partial charge < -0.3 is 20.4 Å². The number of hydrogen-bond acceptors (Lipinski definition) is 6. The van der Waals surface area contributed by atoms with Crippen LogP contribution in [0.2, 0.25) is 0 Å². The highest BCUT2D eigenvalue weighted by atomic mass is 32.1. The minimum absolute atomic E-state index is 0.205. The van der Waals surface area contributed by atoms with E-state index < -0.39 is 0 Å². The molecule has 1 aliphatic heterocycles. The molecule has 2 aromatic rings. The van der Waals surface area contributed by atoms with E-state index in [0.29, 0.717) is 30.1 Å². The number of aryl methyl sites for hydroxylation is 2. The second-order valence-electron chi connectivity index (χ2n) is 6.63. The molecule has 3 rings (SSSR count). The van der Waals surface area contributed by atoms with Gasteiger partial charge in [0.25, 0.3) is 0 Å². The maximum absolute atomic E-state index is 5.61. The van der Waals surface area contributed by atoms with E-state index in [0.717, 1.165) is 43.0 Å². The van der Waals surface area contributed by atoms with Gasteiger partial charge in [-0.05, 0) is 45.0 Å². The normalized spacial score (nSPS) is 16.8. The Bertz CT molecular complexity index is 782. The first-order valence-corrected chi connectivity index (χ1v) is 9.77. The lowest BCUT2D eigenvalue weighted by molar-refractivity contribution is 0.114. The van der Waals surface area contributed by atoms with Gasteiger partial charge >= 0.3 is 0 Å². The maximum atomic E-state index is 5.61. The van der Waals surface area contributed by atoms with Crippen molar-refractivity contribution in [2.24, 2.45) is 4.99 Å². The predicted octanol–water partition coefficient (Wildman–Crippen LogP) is 1.47. The van der Waals surface area contributed by atoms with Crippen molar-refractivity contribution < 1.29 is 4.74 Å². The summed E-state index contributed by atoms with van der Waals surface area (Å²) >= 11 is 5.41. The monoisotopic (exact) mass is 402 g/mol. The van der Waals surface area contributed by atoms with E-state index in [4.69, 9.17) is 17.0 Å². The summed E-state index contributed by atoms with van der Waals surface area (Å²) in [7, 11) is 0. The summed E-state index contributed by atoms with van der Waals surface area (Å²) in [4.78, 5) is 20.5. The number of H-pyrrole nitrogens is 1. The molecule has 0 aromatic carbocycles. The fourth-order valence-electron chi connectivity index (χ4n) is 2.87. The van der Waals surface area contributed by atoms with E-state index in [2.05, 4.69) is 40.9 Å². The Morgan fingerprint density at radius 3 is 2.86 bits per heavy atom. The minimum atomic E-state index is 0.205. The van der Waals surface area contributed by atoms with Crippen LogP contribution in [-0.4, -0.2) is 56.8 Å². The summed E-state index contributed by atoms with van der Waals surface area (Å²) < 4.78 is 5.61. The van der Waals surface area contributed by atoms with Gasteiger partial charge in [-0.1, -0.05) is 0 Å². The van der Waals surface area contributed by atoms with E-state index in [1.165, 1.54) is 0 Å². The third-order valence-electron chi connectivity index (χ3n) is 4.16. The zero-order chi connectivity index (χ0) is 19.8. The minimum Gasteiger partial charge on any atom is -0.376 e. The van der Waals surface area contributed by atoms with Crippen molar-refractivity contribution in [2.45, 2.75) is 39.2 Å². The largest absolute Gasteiger partial charge is 0.376 e. The Balaban J connectivity index is 1.61. The molecule has 28 heavy (non-hydrogen) atoms. The number of hydrogen-bond donors (Lipinski definition) is 4. The lowest BCUT2D eigenvalue weighted by Crippen LogP contribution is -2.45. The quantitative estimate of drug-likeness (QED) is 0.326. The van der Waals surface area contributed by atoms with Crippen LogP contribution in [0.15, 0.2) is 23.6 Å². The molecule has 1 saturated heterocycles. The lowest BCUT2D eigenvalue weighted by atomic mass is 10.2. The Kier molecular flexibility index (Phi) is 7.26. The number of thiocarbonyl (C=S) groups is 1. The van der Waals surface area contributed by atoms with Crippen molar-refractivity contribution >= 4 is 29.2 Å². The Morgan fingerprint density at radius 1 is 1.36 bits per heavy atom. The highest BCUT2D eigenvalue weighted by Crippen LogP contribution is 2.10. The zero-order valence-electron chi connectivity index (χ0n) is 16.2. The first kappa shape index (κ1) is 20.2. The standard InChI is InChI=1S/C18H26N8OS/c1-12-8-13(2)24-17(23-12)25-16(20-6-5-14-9-19-11-22-14)26-18(28)21-10-15-4-3-7-27-15/h8-9,11,15H,3-7,10H2,1-2H3,(H,19,22)(H3,20,21,23,24,25,26,28). The van der Waals surface area contributed by atoms with Gasteiger partial charge in [-0.15, -0.1) is 0 Å². The maximum Gasteiger partial charge on any atom is 0.229 e. The van der Waals surface area contributed by atoms with Gasteiger partial charge in [-0.2, -0.15) is 0 Å². The van der Waals surface area contributed by atoms with Crippen molar-refractivity contribution in [1.29, 1.82) is 0 Å². The van der Waals surface area contributed by atoms with E-state index >= 15 is 0 Å². The SMILES string of the molecule is Cc1cc(C)nc(NC(=NCCc2cnc[nH]2)NC(=S)NCC2CCCO2)n1. The number of imidazole rings is 1. The molecule has 0 aliphatic carbocycles. The van der Waals surface area contributed by atoms with Gasteiger partial charge in [0.2, 0.25) is 11.9 Å². The molecule has 0 bridgehead atoms. The number of rotatable bonds is 6. The molecule has 1 atom stereocenters. The number of ether oxygens (including phenoxy) is 1. The average Bonchev–Trinajstić information content (AvgIpc) is 3.33. The molecular weight excluding hydrogens is 376 g/mol. The molecular formula is C18H26N8OS. The summed E-state index contributed by atoms with van der Waals surface area (Å²) in [5, 5.41) is 9.90. The number of nitrogens with one attached hydrogen (secondary N) is 4. The van der Waals surface area contributed by atoms with Gasteiger partial charge in [-0.3, -0.25) is 10.3 Å². The summed E-state index contributed by atoms with van der Waals surface area (Å²) in [6.07, 6.45) is 6.53. The van der Waals surface area contributed by atoms with Crippen molar-refractivity contribution in [3.63, 3.8) is 0 Å². The molecule has 0 radical (unpaired) electrons. The van der Waals surface area contributed by atoms with Crippen molar-refractivity contribution in [2.75, 3.05) is 25.0 Å². The molecule has 0 amide bonds. The van der Waals surface area contributed by atoms with Crippen molar-refractivity contribution in [1.82, 2.24) is 30.6 Å². The van der Waals surface area contributed by atoms with Crippen LogP contribution in [0.25, 0.3) is 0 Å². The van der Waals surface area contributed by atoms with Gasteiger partial charge in [-0.25, -0.2) is 15.0 Å². The summed E-state index contributed by atoms with van der Waals surface area (Å²) in [6, 6.07) is 1.92. The average molecular weight is 403 g/mol. The zero-order valence-corrected chi connectivity index (χ0v) is 17.0. The molecule has 4 N–H and O–H groups in total. The van der Waals surface area contributed by atoms with Gasteiger partial charge in [0, 0.05) is 49.4 Å².